The predicted octanol–water partition coefficient (Wildman–Crippen LogP) is 3.37. The Morgan fingerprint density at radius 2 is 1.77 bits per heavy atom. The molecular weight excluding hydrogens is 394 g/mol. The first-order valence-corrected chi connectivity index (χ1v) is 10.3. The highest BCUT2D eigenvalue weighted by Crippen LogP contribution is 2.18. The van der Waals surface area contributed by atoms with E-state index >= 15 is 0 Å². The van der Waals surface area contributed by atoms with Gasteiger partial charge in [-0.1, -0.05) is 6.07 Å². The van der Waals surface area contributed by atoms with Crippen molar-refractivity contribution in [3.8, 4) is 5.75 Å². The molecule has 2 N–H and O–H groups in total. The number of carbonyl (C=O) groups is 1. The van der Waals surface area contributed by atoms with E-state index in [2.05, 4.69) is 30.7 Å². The second-order valence-corrected chi connectivity index (χ2v) is 6.98. The lowest BCUT2D eigenvalue weighted by molar-refractivity contribution is 0.208. The van der Waals surface area contributed by atoms with Gasteiger partial charge in [0.05, 0.1) is 6.61 Å². The molecule has 1 aromatic carbocycles. The zero-order valence-corrected chi connectivity index (χ0v) is 17.4. The molecule has 0 saturated carbocycles. The second kappa shape index (κ2) is 9.75. The van der Waals surface area contributed by atoms with Gasteiger partial charge in [-0.15, -0.1) is 10.2 Å². The number of amides is 2. The Balaban J connectivity index is 1.27. The third-order valence-electron chi connectivity index (χ3n) is 4.88. The third-order valence-corrected chi connectivity index (χ3v) is 4.88. The summed E-state index contributed by atoms with van der Waals surface area (Å²) in [5.74, 6) is 2.93. The molecule has 9 heteroatoms. The molecular formula is C22H25N7O2. The highest BCUT2D eigenvalue weighted by molar-refractivity contribution is 5.89. The summed E-state index contributed by atoms with van der Waals surface area (Å²) in [5, 5.41) is 14.6. The van der Waals surface area contributed by atoms with Crippen LogP contribution in [0.25, 0.3) is 0 Å². The van der Waals surface area contributed by atoms with Crippen molar-refractivity contribution in [3.05, 3.63) is 60.8 Å². The van der Waals surface area contributed by atoms with Crippen molar-refractivity contribution in [1.29, 1.82) is 0 Å². The molecule has 2 amide bonds. The Hall–Kier alpha value is -3.88. The van der Waals surface area contributed by atoms with E-state index in [4.69, 9.17) is 4.74 Å². The van der Waals surface area contributed by atoms with Gasteiger partial charge in [0.25, 0.3) is 0 Å². The van der Waals surface area contributed by atoms with Crippen LogP contribution in [0.3, 0.4) is 0 Å². The van der Waals surface area contributed by atoms with Gasteiger partial charge < -0.3 is 25.2 Å². The molecule has 0 aliphatic carbocycles. The van der Waals surface area contributed by atoms with E-state index in [1.165, 1.54) is 0 Å². The quantitative estimate of drug-likeness (QED) is 0.632. The number of ether oxygens (including phenoxy) is 1. The first kappa shape index (κ1) is 20.4. The number of benzene rings is 1. The largest absolute Gasteiger partial charge is 0.494 e. The maximum atomic E-state index is 12.6. The van der Waals surface area contributed by atoms with Crippen LogP contribution in [0, 0.1) is 0 Å². The molecule has 3 aromatic rings. The van der Waals surface area contributed by atoms with E-state index in [1.807, 2.05) is 61.5 Å². The second-order valence-electron chi connectivity index (χ2n) is 6.98. The summed E-state index contributed by atoms with van der Waals surface area (Å²) in [4.78, 5) is 20.7. The lowest BCUT2D eigenvalue weighted by Crippen LogP contribution is -2.50. The number of aromatic nitrogens is 3. The van der Waals surface area contributed by atoms with Crippen molar-refractivity contribution in [2.75, 3.05) is 48.3 Å². The van der Waals surface area contributed by atoms with Gasteiger partial charge in [-0.05, 0) is 55.5 Å². The van der Waals surface area contributed by atoms with Crippen molar-refractivity contribution in [2.24, 2.45) is 0 Å². The van der Waals surface area contributed by atoms with Gasteiger partial charge in [-0.25, -0.2) is 9.78 Å². The number of anilines is 4. The van der Waals surface area contributed by atoms with Crippen LogP contribution < -0.4 is 20.3 Å². The van der Waals surface area contributed by atoms with E-state index in [9.17, 15) is 4.79 Å². The summed E-state index contributed by atoms with van der Waals surface area (Å²) in [6.07, 6.45) is 1.72. The maximum absolute atomic E-state index is 12.6. The summed E-state index contributed by atoms with van der Waals surface area (Å²) in [6.45, 7) is 5.16. The van der Waals surface area contributed by atoms with Crippen molar-refractivity contribution in [2.45, 2.75) is 6.92 Å². The molecule has 0 bridgehead atoms. The minimum absolute atomic E-state index is 0.107. The van der Waals surface area contributed by atoms with Gasteiger partial charge in [0.1, 0.15) is 11.6 Å². The number of nitrogens with one attached hydrogen (secondary N) is 2. The molecule has 31 heavy (non-hydrogen) atoms. The lowest BCUT2D eigenvalue weighted by Gasteiger charge is -2.35. The summed E-state index contributed by atoms with van der Waals surface area (Å²) < 4.78 is 5.43. The standard InChI is InChI=1S/C22H25N7O2/c1-2-31-18-8-6-17(7-9-18)24-22(30)29-15-13-28(14-16-29)21-11-10-20(26-27-21)25-19-5-3-4-12-23-19/h3-12H,2,13-16H2,1H3,(H,24,30)(H,23,25,26). The van der Waals surface area contributed by atoms with Crippen LogP contribution in [0.15, 0.2) is 60.8 Å². The van der Waals surface area contributed by atoms with Crippen LogP contribution in [-0.4, -0.2) is 58.9 Å². The third kappa shape index (κ3) is 5.39. The average Bonchev–Trinajstić information content (AvgIpc) is 2.82. The molecule has 0 atom stereocenters. The lowest BCUT2D eigenvalue weighted by atomic mass is 10.3. The van der Waals surface area contributed by atoms with Crippen LogP contribution >= 0.6 is 0 Å². The van der Waals surface area contributed by atoms with E-state index in [1.54, 1.807) is 11.1 Å². The van der Waals surface area contributed by atoms with Crippen molar-refractivity contribution in [1.82, 2.24) is 20.1 Å². The molecule has 1 aliphatic heterocycles. The topological polar surface area (TPSA) is 95.5 Å². The van der Waals surface area contributed by atoms with E-state index in [0.717, 1.165) is 23.1 Å². The number of urea groups is 1. The van der Waals surface area contributed by atoms with Gasteiger partial charge in [0, 0.05) is 38.1 Å². The number of rotatable bonds is 6. The van der Waals surface area contributed by atoms with Crippen molar-refractivity contribution < 1.29 is 9.53 Å². The number of nitrogens with zero attached hydrogens (tertiary/aromatic N) is 5. The van der Waals surface area contributed by atoms with Crippen LogP contribution in [-0.2, 0) is 0 Å². The van der Waals surface area contributed by atoms with Crippen molar-refractivity contribution in [3.63, 3.8) is 0 Å². The molecule has 160 valence electrons. The molecule has 9 nitrogen and oxygen atoms in total. The minimum atomic E-state index is -0.107. The van der Waals surface area contributed by atoms with E-state index in [0.29, 0.717) is 38.6 Å². The van der Waals surface area contributed by atoms with Crippen LogP contribution in [0.1, 0.15) is 6.92 Å². The number of piperazine rings is 1. The van der Waals surface area contributed by atoms with E-state index in [-0.39, 0.29) is 6.03 Å². The summed E-state index contributed by atoms with van der Waals surface area (Å²) in [6, 6.07) is 16.7. The van der Waals surface area contributed by atoms with Gasteiger partial charge in [-0.3, -0.25) is 0 Å². The number of hydrogen-bond donors (Lipinski definition) is 2. The Bertz CT molecular complexity index is 973. The van der Waals surface area contributed by atoms with Gasteiger partial charge in [0.15, 0.2) is 11.6 Å². The zero-order valence-electron chi connectivity index (χ0n) is 17.4. The van der Waals surface area contributed by atoms with Crippen molar-refractivity contribution >= 4 is 29.2 Å². The SMILES string of the molecule is CCOc1ccc(NC(=O)N2CCN(c3ccc(Nc4ccccn4)nn3)CC2)cc1. The highest BCUT2D eigenvalue weighted by atomic mass is 16.5. The molecule has 1 fully saturated rings. The molecule has 0 spiro atoms. The monoisotopic (exact) mass is 419 g/mol. The number of carbonyl (C=O) groups excluding carboxylic acids is 1. The first-order valence-electron chi connectivity index (χ1n) is 10.3. The summed E-state index contributed by atoms with van der Waals surface area (Å²) in [7, 11) is 0. The number of hydrogen-bond acceptors (Lipinski definition) is 7. The van der Waals surface area contributed by atoms with Gasteiger partial charge in [0.2, 0.25) is 0 Å². The Labute approximate surface area is 181 Å². The smallest absolute Gasteiger partial charge is 0.321 e. The van der Waals surface area contributed by atoms with Crippen LogP contribution in [0.2, 0.25) is 0 Å². The van der Waals surface area contributed by atoms with E-state index < -0.39 is 0 Å². The van der Waals surface area contributed by atoms with Gasteiger partial charge >= 0.3 is 6.03 Å². The summed E-state index contributed by atoms with van der Waals surface area (Å²) in [5.41, 5.74) is 0.748. The van der Waals surface area contributed by atoms with Crippen LogP contribution in [0.5, 0.6) is 5.75 Å². The normalized spacial score (nSPS) is 13.6. The molecule has 1 aliphatic rings. The summed E-state index contributed by atoms with van der Waals surface area (Å²) >= 11 is 0. The maximum Gasteiger partial charge on any atom is 0.321 e. The van der Waals surface area contributed by atoms with Crippen LogP contribution in [0.4, 0.5) is 27.9 Å². The Kier molecular flexibility index (Phi) is 6.41. The Morgan fingerprint density at radius 1 is 0.968 bits per heavy atom. The fraction of sp³-hybridized carbons (Fsp3) is 0.273. The van der Waals surface area contributed by atoms with Gasteiger partial charge in [-0.2, -0.15) is 0 Å². The fourth-order valence-corrected chi connectivity index (χ4v) is 3.27. The minimum Gasteiger partial charge on any atom is -0.494 e. The fourth-order valence-electron chi connectivity index (χ4n) is 3.27. The average molecular weight is 419 g/mol. The molecule has 0 unspecified atom stereocenters. The molecule has 0 radical (unpaired) electrons. The number of pyridine rings is 1. The zero-order chi connectivity index (χ0) is 21.5. The molecule has 3 heterocycles. The predicted molar refractivity (Wildman–Crippen MR) is 120 cm³/mol. The molecule has 1 saturated heterocycles. The first-order chi connectivity index (χ1) is 15.2. The molecule has 4 rings (SSSR count). The highest BCUT2D eigenvalue weighted by Gasteiger charge is 2.22. The Morgan fingerprint density at radius 3 is 2.42 bits per heavy atom. The molecule has 2 aromatic heterocycles.